The van der Waals surface area contributed by atoms with E-state index >= 15 is 0 Å². The van der Waals surface area contributed by atoms with Gasteiger partial charge in [-0.2, -0.15) is 4.98 Å². The quantitative estimate of drug-likeness (QED) is 0.606. The SMILES string of the molecule is Cc1cc2c(C)nc(NC(=O)NS(=O)(=O)c3ccsc3C(=O)O)nc2o1. The van der Waals surface area contributed by atoms with Gasteiger partial charge in [-0.25, -0.2) is 27.7 Å². The van der Waals surface area contributed by atoms with Gasteiger partial charge >= 0.3 is 12.0 Å². The highest BCUT2D eigenvalue weighted by molar-refractivity contribution is 7.90. The minimum atomic E-state index is -4.37. The lowest BCUT2D eigenvalue weighted by Gasteiger charge is -2.08. The first-order valence-electron chi connectivity index (χ1n) is 7.07. The first-order valence-corrected chi connectivity index (χ1v) is 9.43. The van der Waals surface area contributed by atoms with Crippen LogP contribution in [0, 0.1) is 13.8 Å². The standard InChI is InChI=1S/C14H12N4O6S2/c1-6-5-8-7(2)15-13(16-11(8)24-6)17-14(21)18-26(22,23)9-3-4-25-10(9)12(19)20/h3-5H,1-2H3,(H,19,20)(H2,15,16,17,18,21). The molecule has 0 atom stereocenters. The number of amides is 2. The number of carboxylic acids is 1. The van der Waals surface area contributed by atoms with Crippen LogP contribution in [0.15, 0.2) is 26.8 Å². The molecule has 0 unspecified atom stereocenters. The third kappa shape index (κ3) is 3.36. The van der Waals surface area contributed by atoms with Crippen molar-refractivity contribution in [3.05, 3.63) is 33.8 Å². The molecule has 3 aromatic heterocycles. The Balaban J connectivity index is 1.82. The number of furan rings is 1. The second-order valence-corrected chi connectivity index (χ2v) is 7.75. The fraction of sp³-hybridized carbons (Fsp3) is 0.143. The topological polar surface area (TPSA) is 151 Å². The Bertz CT molecular complexity index is 1130. The molecule has 0 aromatic carbocycles. The van der Waals surface area contributed by atoms with E-state index in [-0.39, 0.29) is 11.7 Å². The zero-order valence-electron chi connectivity index (χ0n) is 13.4. The minimum Gasteiger partial charge on any atom is -0.477 e. The van der Waals surface area contributed by atoms with Crippen molar-refractivity contribution in [1.82, 2.24) is 14.7 Å². The molecule has 0 fully saturated rings. The maximum Gasteiger partial charge on any atom is 0.347 e. The number of carbonyl (C=O) groups excluding carboxylic acids is 1. The van der Waals surface area contributed by atoms with Crippen molar-refractivity contribution in [3.63, 3.8) is 0 Å². The number of aryl methyl sites for hydroxylation is 2. The number of thiophene rings is 1. The number of nitrogens with zero attached hydrogens (tertiary/aromatic N) is 2. The Labute approximate surface area is 150 Å². The van der Waals surface area contributed by atoms with Gasteiger partial charge in [0, 0.05) is 0 Å². The van der Waals surface area contributed by atoms with Crippen LogP contribution in [0.3, 0.4) is 0 Å². The van der Waals surface area contributed by atoms with Gasteiger partial charge < -0.3 is 9.52 Å². The molecule has 0 saturated carbocycles. The van der Waals surface area contributed by atoms with Crippen LogP contribution in [-0.2, 0) is 10.0 Å². The van der Waals surface area contributed by atoms with E-state index in [4.69, 9.17) is 9.52 Å². The molecule has 0 spiro atoms. The maximum atomic E-state index is 12.2. The Hall–Kier alpha value is -2.99. The van der Waals surface area contributed by atoms with Crippen molar-refractivity contribution in [2.45, 2.75) is 18.7 Å². The molecule has 0 aliphatic heterocycles. The lowest BCUT2D eigenvalue weighted by molar-refractivity contribution is 0.0698. The number of fused-ring (bicyclic) bond motifs is 1. The second-order valence-electron chi connectivity index (χ2n) is 5.19. The summed E-state index contributed by atoms with van der Waals surface area (Å²) in [5.41, 5.74) is 0.787. The van der Waals surface area contributed by atoms with Gasteiger partial charge in [-0.3, -0.25) is 5.32 Å². The van der Waals surface area contributed by atoms with E-state index in [1.807, 2.05) is 0 Å². The first-order chi connectivity index (χ1) is 12.2. The number of rotatable bonds is 4. The van der Waals surface area contributed by atoms with Gasteiger partial charge in [-0.05, 0) is 31.4 Å². The number of anilines is 1. The molecular weight excluding hydrogens is 384 g/mol. The van der Waals surface area contributed by atoms with Crippen LogP contribution in [0.1, 0.15) is 21.1 Å². The minimum absolute atomic E-state index is 0.152. The molecule has 2 amide bonds. The average Bonchev–Trinajstić information content (AvgIpc) is 3.12. The summed E-state index contributed by atoms with van der Waals surface area (Å²) in [5.74, 6) is -0.945. The maximum absolute atomic E-state index is 12.2. The first kappa shape index (κ1) is 17.8. The van der Waals surface area contributed by atoms with Gasteiger partial charge in [0.05, 0.1) is 11.1 Å². The smallest absolute Gasteiger partial charge is 0.347 e. The zero-order valence-corrected chi connectivity index (χ0v) is 15.1. The molecule has 12 heteroatoms. The summed E-state index contributed by atoms with van der Waals surface area (Å²) in [6.07, 6.45) is 0. The Kier molecular flexibility index (Phi) is 4.38. The van der Waals surface area contributed by atoms with Crippen LogP contribution in [0.4, 0.5) is 10.7 Å². The van der Waals surface area contributed by atoms with Crippen molar-refractivity contribution in [3.8, 4) is 0 Å². The van der Waals surface area contributed by atoms with Gasteiger partial charge in [0.25, 0.3) is 10.0 Å². The van der Waals surface area contributed by atoms with E-state index in [9.17, 15) is 18.0 Å². The second kappa shape index (κ2) is 6.38. The Morgan fingerprint density at radius 2 is 2.00 bits per heavy atom. The van der Waals surface area contributed by atoms with Crippen LogP contribution >= 0.6 is 11.3 Å². The predicted octanol–water partition coefficient (Wildman–Crippen LogP) is 2.11. The van der Waals surface area contributed by atoms with Crippen molar-refractivity contribution in [2.75, 3.05) is 5.32 Å². The number of aromatic carboxylic acids is 1. The molecule has 0 aliphatic carbocycles. The molecule has 3 rings (SSSR count). The summed E-state index contributed by atoms with van der Waals surface area (Å²) in [7, 11) is -4.37. The van der Waals surface area contributed by atoms with Gasteiger partial charge in [-0.15, -0.1) is 11.3 Å². The van der Waals surface area contributed by atoms with Crippen molar-refractivity contribution in [1.29, 1.82) is 0 Å². The van der Waals surface area contributed by atoms with Crippen LogP contribution in [-0.4, -0.2) is 35.5 Å². The van der Waals surface area contributed by atoms with E-state index in [1.54, 1.807) is 24.6 Å². The highest BCUT2D eigenvalue weighted by atomic mass is 32.2. The number of urea groups is 1. The van der Waals surface area contributed by atoms with E-state index < -0.39 is 31.8 Å². The average molecular weight is 396 g/mol. The van der Waals surface area contributed by atoms with Gasteiger partial charge in [0.2, 0.25) is 11.7 Å². The summed E-state index contributed by atoms with van der Waals surface area (Å²) < 4.78 is 31.5. The predicted molar refractivity (Wildman–Crippen MR) is 91.9 cm³/mol. The Morgan fingerprint density at radius 3 is 2.69 bits per heavy atom. The molecule has 10 nitrogen and oxygen atoms in total. The summed E-state index contributed by atoms with van der Waals surface area (Å²) in [6, 6.07) is 1.71. The van der Waals surface area contributed by atoms with Crippen molar-refractivity contribution < 1.29 is 27.5 Å². The number of hydrogen-bond acceptors (Lipinski definition) is 8. The van der Waals surface area contributed by atoms with Gasteiger partial charge in [0.15, 0.2) is 0 Å². The van der Waals surface area contributed by atoms with Crippen LogP contribution in [0.5, 0.6) is 0 Å². The van der Waals surface area contributed by atoms with Gasteiger partial charge in [-0.1, -0.05) is 0 Å². The molecule has 0 saturated heterocycles. The molecule has 3 heterocycles. The van der Waals surface area contributed by atoms with E-state index in [1.165, 1.54) is 5.38 Å². The molecule has 0 radical (unpaired) electrons. The van der Waals surface area contributed by atoms with E-state index in [2.05, 4.69) is 15.3 Å². The number of sulfonamides is 1. The van der Waals surface area contributed by atoms with Gasteiger partial charge in [0.1, 0.15) is 15.5 Å². The largest absolute Gasteiger partial charge is 0.477 e. The molecule has 3 aromatic rings. The zero-order chi connectivity index (χ0) is 19.1. The highest BCUT2D eigenvalue weighted by Gasteiger charge is 2.26. The number of aromatic nitrogens is 2. The van der Waals surface area contributed by atoms with E-state index in [0.717, 1.165) is 17.4 Å². The van der Waals surface area contributed by atoms with Crippen molar-refractivity contribution >= 4 is 50.4 Å². The normalized spacial score (nSPS) is 11.5. The fourth-order valence-corrected chi connectivity index (χ4v) is 4.38. The number of carbonyl (C=O) groups is 2. The lowest BCUT2D eigenvalue weighted by atomic mass is 10.3. The summed E-state index contributed by atoms with van der Waals surface area (Å²) in [5, 5.41) is 13.2. The van der Waals surface area contributed by atoms with Crippen LogP contribution < -0.4 is 10.0 Å². The molecule has 0 bridgehead atoms. The third-order valence-electron chi connectivity index (χ3n) is 3.27. The molecule has 26 heavy (non-hydrogen) atoms. The van der Waals surface area contributed by atoms with Crippen LogP contribution in [0.2, 0.25) is 0 Å². The van der Waals surface area contributed by atoms with Crippen molar-refractivity contribution in [2.24, 2.45) is 0 Å². The third-order valence-corrected chi connectivity index (χ3v) is 5.68. The molecule has 136 valence electrons. The summed E-state index contributed by atoms with van der Waals surface area (Å²) in [4.78, 5) is 30.2. The molecular formula is C14H12N4O6S2. The fourth-order valence-electron chi connectivity index (χ4n) is 2.21. The lowest BCUT2D eigenvalue weighted by Crippen LogP contribution is -2.35. The summed E-state index contributed by atoms with van der Waals surface area (Å²) in [6.45, 7) is 3.41. The monoisotopic (exact) mass is 396 g/mol. The van der Waals surface area contributed by atoms with E-state index in [0.29, 0.717) is 16.8 Å². The number of hydrogen-bond donors (Lipinski definition) is 3. The molecule has 0 aliphatic rings. The Morgan fingerprint density at radius 1 is 1.27 bits per heavy atom. The number of carboxylic acid groups (broad SMARTS) is 1. The van der Waals surface area contributed by atoms with Crippen LogP contribution in [0.25, 0.3) is 11.1 Å². The molecule has 3 N–H and O–H groups in total. The highest BCUT2D eigenvalue weighted by Crippen LogP contribution is 2.22. The summed E-state index contributed by atoms with van der Waals surface area (Å²) >= 11 is 0.734. The number of nitrogens with one attached hydrogen (secondary N) is 2.